The molecule has 0 bridgehead atoms. The summed E-state index contributed by atoms with van der Waals surface area (Å²) in [6, 6.07) is 5.29. The maximum absolute atomic E-state index is 6.17. The van der Waals surface area contributed by atoms with Gasteiger partial charge in [0.15, 0.2) is 5.82 Å². The van der Waals surface area contributed by atoms with E-state index in [9.17, 15) is 0 Å². The van der Waals surface area contributed by atoms with E-state index in [0.29, 0.717) is 15.9 Å². The Morgan fingerprint density at radius 2 is 2.11 bits per heavy atom. The average Bonchev–Trinajstić information content (AvgIpc) is 2.89. The van der Waals surface area contributed by atoms with E-state index < -0.39 is 0 Å². The molecule has 2 aromatic heterocycles. The van der Waals surface area contributed by atoms with E-state index in [1.54, 1.807) is 16.6 Å². The molecule has 0 atom stereocenters. The van der Waals surface area contributed by atoms with Crippen molar-refractivity contribution in [2.75, 3.05) is 0 Å². The summed E-state index contributed by atoms with van der Waals surface area (Å²) in [4.78, 5) is 0.771. The summed E-state index contributed by atoms with van der Waals surface area (Å²) in [5.74, 6) is 0.641. The van der Waals surface area contributed by atoms with Gasteiger partial charge in [0.1, 0.15) is 5.01 Å². The lowest BCUT2D eigenvalue weighted by molar-refractivity contribution is 0.907. The van der Waals surface area contributed by atoms with Gasteiger partial charge in [-0.1, -0.05) is 41.5 Å². The number of fused-ring (bicyclic) bond motifs is 1. The van der Waals surface area contributed by atoms with Crippen LogP contribution in [0.25, 0.3) is 16.3 Å². The van der Waals surface area contributed by atoms with Crippen molar-refractivity contribution in [1.29, 1.82) is 0 Å². The first-order chi connectivity index (χ1) is 8.69. The number of aryl methyl sites for hydroxylation is 1. The van der Waals surface area contributed by atoms with E-state index in [1.165, 1.54) is 11.3 Å². The molecule has 0 aliphatic heterocycles. The SMILES string of the molecule is CCc1nn2c(-c3ccc(Cl)cc3Cl)nnc2s1. The van der Waals surface area contributed by atoms with E-state index in [0.717, 1.165) is 22.0 Å². The van der Waals surface area contributed by atoms with E-state index in [1.807, 2.05) is 6.07 Å². The number of hydrogen-bond donors (Lipinski definition) is 0. The molecule has 3 rings (SSSR count). The first kappa shape index (κ1) is 11.9. The predicted molar refractivity (Wildman–Crippen MR) is 73.5 cm³/mol. The van der Waals surface area contributed by atoms with Crippen LogP contribution in [0.3, 0.4) is 0 Å². The summed E-state index contributed by atoms with van der Waals surface area (Å²) in [5, 5.41) is 14.8. The van der Waals surface area contributed by atoms with E-state index in [2.05, 4.69) is 22.2 Å². The zero-order chi connectivity index (χ0) is 12.7. The molecule has 2 heterocycles. The third-order valence-electron chi connectivity index (χ3n) is 2.51. The van der Waals surface area contributed by atoms with Crippen LogP contribution in [0.5, 0.6) is 0 Å². The van der Waals surface area contributed by atoms with Crippen molar-refractivity contribution in [2.24, 2.45) is 0 Å². The standard InChI is InChI=1S/C11H8Cl2N4S/c1-2-9-16-17-10(14-15-11(17)18-9)7-4-3-6(12)5-8(7)13/h3-5H,2H2,1H3. The van der Waals surface area contributed by atoms with Crippen LogP contribution >= 0.6 is 34.5 Å². The normalized spacial score (nSPS) is 11.3. The Bertz CT molecular complexity index is 719. The minimum absolute atomic E-state index is 0.544. The Labute approximate surface area is 117 Å². The van der Waals surface area contributed by atoms with Crippen molar-refractivity contribution in [3.63, 3.8) is 0 Å². The van der Waals surface area contributed by atoms with Gasteiger partial charge in [0.05, 0.1) is 5.02 Å². The first-order valence-corrected chi connectivity index (χ1v) is 6.93. The number of aromatic nitrogens is 4. The summed E-state index contributed by atoms with van der Waals surface area (Å²) in [6.07, 6.45) is 0.877. The maximum Gasteiger partial charge on any atom is 0.234 e. The van der Waals surface area contributed by atoms with Gasteiger partial charge in [-0.25, -0.2) is 0 Å². The lowest BCUT2D eigenvalue weighted by Gasteiger charge is -2.00. The summed E-state index contributed by atoms with van der Waals surface area (Å²) in [7, 11) is 0. The Morgan fingerprint density at radius 3 is 2.83 bits per heavy atom. The lowest BCUT2D eigenvalue weighted by Crippen LogP contribution is -1.92. The van der Waals surface area contributed by atoms with E-state index in [-0.39, 0.29) is 0 Å². The molecule has 3 aromatic rings. The number of hydrogen-bond acceptors (Lipinski definition) is 4. The fraction of sp³-hybridized carbons (Fsp3) is 0.182. The first-order valence-electron chi connectivity index (χ1n) is 5.35. The number of halogens is 2. The Hall–Kier alpha value is -1.17. The summed E-state index contributed by atoms with van der Waals surface area (Å²) >= 11 is 13.6. The molecule has 0 amide bonds. The molecule has 0 radical (unpaired) electrons. The van der Waals surface area contributed by atoms with Crippen molar-refractivity contribution in [3.8, 4) is 11.4 Å². The zero-order valence-corrected chi connectivity index (χ0v) is 11.7. The van der Waals surface area contributed by atoms with Crippen LogP contribution in [-0.2, 0) is 6.42 Å². The van der Waals surface area contributed by atoms with Gasteiger partial charge in [0.2, 0.25) is 4.96 Å². The summed E-state index contributed by atoms with van der Waals surface area (Å²) in [5.41, 5.74) is 0.779. The van der Waals surface area contributed by atoms with E-state index in [4.69, 9.17) is 23.2 Å². The smallest absolute Gasteiger partial charge is 0.183 e. The molecular weight excluding hydrogens is 291 g/mol. The average molecular weight is 299 g/mol. The highest BCUT2D eigenvalue weighted by atomic mass is 35.5. The van der Waals surface area contributed by atoms with Crippen molar-refractivity contribution in [1.82, 2.24) is 19.8 Å². The van der Waals surface area contributed by atoms with Crippen LogP contribution in [0.4, 0.5) is 0 Å². The van der Waals surface area contributed by atoms with Crippen LogP contribution in [0, 0.1) is 0 Å². The van der Waals surface area contributed by atoms with Gasteiger partial charge in [-0.05, 0) is 24.6 Å². The Kier molecular flexibility index (Phi) is 2.97. The third kappa shape index (κ3) is 1.88. The molecule has 0 unspecified atom stereocenters. The van der Waals surface area contributed by atoms with E-state index >= 15 is 0 Å². The number of benzene rings is 1. The molecule has 4 nitrogen and oxygen atoms in total. The van der Waals surface area contributed by atoms with Crippen molar-refractivity contribution in [3.05, 3.63) is 33.3 Å². The van der Waals surface area contributed by atoms with Gasteiger partial charge in [0, 0.05) is 10.6 Å². The van der Waals surface area contributed by atoms with Gasteiger partial charge in [0.25, 0.3) is 0 Å². The lowest BCUT2D eigenvalue weighted by atomic mass is 10.2. The molecule has 0 aliphatic rings. The Balaban J connectivity index is 2.21. The van der Waals surface area contributed by atoms with Gasteiger partial charge in [-0.2, -0.15) is 9.61 Å². The second kappa shape index (κ2) is 4.50. The van der Waals surface area contributed by atoms with Gasteiger partial charge in [-0.3, -0.25) is 0 Å². The minimum atomic E-state index is 0.544. The van der Waals surface area contributed by atoms with Crippen LogP contribution in [0.1, 0.15) is 11.9 Å². The quantitative estimate of drug-likeness (QED) is 0.724. The molecule has 0 spiro atoms. The topological polar surface area (TPSA) is 43.1 Å². The van der Waals surface area contributed by atoms with Gasteiger partial charge in [-0.15, -0.1) is 10.2 Å². The molecule has 0 fully saturated rings. The second-order valence-corrected chi connectivity index (χ2v) is 5.58. The highest BCUT2D eigenvalue weighted by Gasteiger charge is 2.15. The van der Waals surface area contributed by atoms with Gasteiger partial charge < -0.3 is 0 Å². The number of nitrogens with zero attached hydrogens (tertiary/aromatic N) is 4. The largest absolute Gasteiger partial charge is 0.234 e. The predicted octanol–water partition coefficient (Wildman–Crippen LogP) is 3.72. The molecule has 18 heavy (non-hydrogen) atoms. The van der Waals surface area contributed by atoms with Crippen molar-refractivity contribution in [2.45, 2.75) is 13.3 Å². The fourth-order valence-corrected chi connectivity index (χ4v) is 2.90. The fourth-order valence-electron chi connectivity index (χ4n) is 1.64. The second-order valence-electron chi connectivity index (χ2n) is 3.69. The molecule has 0 aliphatic carbocycles. The van der Waals surface area contributed by atoms with Crippen molar-refractivity contribution >= 4 is 39.5 Å². The molecular formula is C11H8Cl2N4S. The summed E-state index contributed by atoms with van der Waals surface area (Å²) < 4.78 is 1.72. The van der Waals surface area contributed by atoms with Crippen LogP contribution in [0.2, 0.25) is 10.0 Å². The molecule has 1 aromatic carbocycles. The van der Waals surface area contributed by atoms with Gasteiger partial charge >= 0.3 is 0 Å². The summed E-state index contributed by atoms with van der Waals surface area (Å²) in [6.45, 7) is 2.06. The number of rotatable bonds is 2. The van der Waals surface area contributed by atoms with Crippen LogP contribution in [0.15, 0.2) is 18.2 Å². The zero-order valence-electron chi connectivity index (χ0n) is 9.39. The molecule has 0 saturated heterocycles. The highest BCUT2D eigenvalue weighted by molar-refractivity contribution is 7.16. The molecule has 92 valence electrons. The Morgan fingerprint density at radius 1 is 1.28 bits per heavy atom. The third-order valence-corrected chi connectivity index (χ3v) is 4.10. The highest BCUT2D eigenvalue weighted by Crippen LogP contribution is 2.30. The van der Waals surface area contributed by atoms with Crippen LogP contribution < -0.4 is 0 Å². The monoisotopic (exact) mass is 298 g/mol. The molecule has 0 N–H and O–H groups in total. The minimum Gasteiger partial charge on any atom is -0.183 e. The maximum atomic E-state index is 6.17. The molecule has 0 saturated carbocycles. The van der Waals surface area contributed by atoms with Crippen molar-refractivity contribution < 1.29 is 0 Å². The van der Waals surface area contributed by atoms with Crippen LogP contribution in [-0.4, -0.2) is 19.8 Å². The molecule has 7 heteroatoms.